The number of Topliss-reactive ketones (excluding diaryl/α,β-unsaturated/α-hetero) is 2. The fourth-order valence-corrected chi connectivity index (χ4v) is 3.60. The Bertz CT molecular complexity index is 1200. The number of carbonyl (C=O) groups excluding carboxylic acids is 4. The van der Waals surface area contributed by atoms with Crippen LogP contribution in [-0.4, -0.2) is 51.4 Å². The molecule has 37 heavy (non-hydrogen) atoms. The number of epoxide rings is 1. The molecule has 0 radical (unpaired) electrons. The van der Waals surface area contributed by atoms with Gasteiger partial charge in [0.2, 0.25) is 17.6 Å². The molecule has 194 valence electrons. The highest BCUT2D eigenvalue weighted by atomic mass is 16.6. The lowest BCUT2D eigenvalue weighted by atomic mass is 9.88. The number of allylic oxidation sites excluding steroid dienone is 11. The van der Waals surface area contributed by atoms with E-state index in [4.69, 9.17) is 4.74 Å². The molecule has 3 aliphatic rings. The number of fused-ring (bicyclic) bond motifs is 1. The van der Waals surface area contributed by atoms with Gasteiger partial charge in [-0.15, -0.1) is 0 Å². The second-order valence-corrected chi connectivity index (χ2v) is 8.99. The highest BCUT2D eigenvalue weighted by Crippen LogP contribution is 2.40. The summed E-state index contributed by atoms with van der Waals surface area (Å²) in [6, 6.07) is 0. The molecule has 9 heteroatoms. The van der Waals surface area contributed by atoms with Gasteiger partial charge in [-0.2, -0.15) is 0 Å². The Balaban J connectivity index is 1.55. The van der Waals surface area contributed by atoms with E-state index in [0.717, 1.165) is 0 Å². The number of hydrogen-bond donors (Lipinski definition) is 4. The van der Waals surface area contributed by atoms with Crippen molar-refractivity contribution >= 4 is 23.4 Å². The lowest BCUT2D eigenvalue weighted by Crippen LogP contribution is -2.42. The van der Waals surface area contributed by atoms with Crippen LogP contribution in [-0.2, 0) is 23.9 Å². The standard InChI is InChI=1S/C28H30N2O7/c1-18(2)11-7-3-4-8-12-22(33)29-19-17-28(36,27-26(37-27)25(19)35)16-10-6-5-9-13-23(34)30-24-20(31)14-15-21(24)32/h3-13,16-18,26-27,31,36H,14-15H2,1-2H3,(H,29,33)(H,30,34)/b4-3+,6-5+,11-7+,12-8+,13-9+,16-10+/t26-,27-,28+/m1/s1. The van der Waals surface area contributed by atoms with Crippen molar-refractivity contribution < 1.29 is 34.1 Å². The summed E-state index contributed by atoms with van der Waals surface area (Å²) in [7, 11) is 0. The van der Waals surface area contributed by atoms with Crippen molar-refractivity contribution in [3.8, 4) is 0 Å². The molecular formula is C28H30N2O7. The van der Waals surface area contributed by atoms with Gasteiger partial charge >= 0.3 is 0 Å². The number of ether oxygens (including phenoxy) is 1. The summed E-state index contributed by atoms with van der Waals surface area (Å²) in [6.07, 6.45) is 18.8. The molecule has 0 spiro atoms. The van der Waals surface area contributed by atoms with E-state index in [9.17, 15) is 29.4 Å². The predicted octanol–water partition coefficient (Wildman–Crippen LogP) is 2.31. The SMILES string of the molecule is CC(C)/C=C/C=C/C=C/C(=O)NC1=C[C@@](O)(/C=C/C=C/C=C/C(=O)NC2=C(O)CCC2=O)[C@@H]2O[C@@H]2C1=O. The predicted molar refractivity (Wildman–Crippen MR) is 137 cm³/mol. The molecule has 0 unspecified atom stereocenters. The van der Waals surface area contributed by atoms with Gasteiger partial charge in [0.25, 0.3) is 0 Å². The third-order valence-corrected chi connectivity index (χ3v) is 5.53. The van der Waals surface area contributed by atoms with Gasteiger partial charge in [-0.3, -0.25) is 19.2 Å². The first-order chi connectivity index (χ1) is 17.6. The molecular weight excluding hydrogens is 476 g/mol. The molecule has 0 aromatic carbocycles. The number of nitrogens with one attached hydrogen (secondary N) is 2. The molecule has 3 atom stereocenters. The fraction of sp³-hybridized carbons (Fsp3) is 0.286. The van der Waals surface area contributed by atoms with E-state index < -0.39 is 35.4 Å². The summed E-state index contributed by atoms with van der Waals surface area (Å²) < 4.78 is 5.32. The second kappa shape index (κ2) is 12.2. The highest BCUT2D eigenvalue weighted by Gasteiger charge is 2.59. The molecule has 0 aromatic heterocycles. The topological polar surface area (TPSA) is 145 Å². The molecule has 2 aliphatic carbocycles. The summed E-state index contributed by atoms with van der Waals surface area (Å²) in [5, 5.41) is 25.4. The normalized spacial score (nSPS) is 26.1. The number of rotatable bonds is 10. The smallest absolute Gasteiger partial charge is 0.248 e. The maximum Gasteiger partial charge on any atom is 0.248 e. The van der Waals surface area contributed by atoms with Gasteiger partial charge in [-0.25, -0.2) is 0 Å². The molecule has 3 rings (SSSR count). The molecule has 2 amide bonds. The first kappa shape index (κ1) is 27.5. The minimum atomic E-state index is -1.61. The van der Waals surface area contributed by atoms with Crippen LogP contribution in [0, 0.1) is 5.92 Å². The van der Waals surface area contributed by atoms with Crippen molar-refractivity contribution in [1.29, 1.82) is 0 Å². The molecule has 4 N–H and O–H groups in total. The average molecular weight is 507 g/mol. The lowest BCUT2D eigenvalue weighted by Gasteiger charge is -2.23. The summed E-state index contributed by atoms with van der Waals surface area (Å²) >= 11 is 0. The Kier molecular flexibility index (Phi) is 9.10. The number of aliphatic hydroxyl groups excluding tert-OH is 1. The number of ketones is 2. The van der Waals surface area contributed by atoms with Crippen molar-refractivity contribution in [3.05, 3.63) is 96.1 Å². The summed E-state index contributed by atoms with van der Waals surface area (Å²) in [4.78, 5) is 48.1. The first-order valence-corrected chi connectivity index (χ1v) is 11.9. The molecule has 1 saturated heterocycles. The monoisotopic (exact) mass is 506 g/mol. The molecule has 1 fully saturated rings. The van der Waals surface area contributed by atoms with Crippen LogP contribution in [0.5, 0.6) is 0 Å². The van der Waals surface area contributed by atoms with E-state index in [0.29, 0.717) is 5.92 Å². The molecule has 9 nitrogen and oxygen atoms in total. The Morgan fingerprint density at radius 1 is 0.973 bits per heavy atom. The molecule has 0 aromatic rings. The number of hydrogen-bond acceptors (Lipinski definition) is 7. The van der Waals surface area contributed by atoms with E-state index >= 15 is 0 Å². The van der Waals surface area contributed by atoms with Crippen molar-refractivity contribution in [3.63, 3.8) is 0 Å². The van der Waals surface area contributed by atoms with E-state index in [1.165, 1.54) is 42.5 Å². The van der Waals surface area contributed by atoms with Gasteiger partial charge in [0.05, 0.1) is 5.70 Å². The van der Waals surface area contributed by atoms with Crippen LogP contribution in [0.15, 0.2) is 96.1 Å². The van der Waals surface area contributed by atoms with Crippen LogP contribution in [0.3, 0.4) is 0 Å². The zero-order valence-electron chi connectivity index (χ0n) is 20.6. The Hall–Kier alpha value is -4.08. The van der Waals surface area contributed by atoms with Crippen LogP contribution >= 0.6 is 0 Å². The Morgan fingerprint density at radius 3 is 2.22 bits per heavy atom. The summed E-state index contributed by atoms with van der Waals surface area (Å²) in [6.45, 7) is 4.10. The van der Waals surface area contributed by atoms with Gasteiger partial charge < -0.3 is 25.6 Å². The fourth-order valence-electron chi connectivity index (χ4n) is 3.60. The summed E-state index contributed by atoms with van der Waals surface area (Å²) in [5.41, 5.74) is -1.74. The van der Waals surface area contributed by atoms with Gasteiger partial charge in [-0.05, 0) is 18.1 Å². The van der Waals surface area contributed by atoms with Gasteiger partial charge in [0, 0.05) is 25.0 Å². The quantitative estimate of drug-likeness (QED) is 0.202. The van der Waals surface area contributed by atoms with E-state index in [1.807, 2.05) is 12.2 Å². The van der Waals surface area contributed by atoms with Gasteiger partial charge in [-0.1, -0.05) is 68.5 Å². The zero-order chi connectivity index (χ0) is 27.0. The Morgan fingerprint density at radius 2 is 1.59 bits per heavy atom. The lowest BCUT2D eigenvalue weighted by molar-refractivity contribution is -0.121. The first-order valence-electron chi connectivity index (χ1n) is 11.9. The second-order valence-electron chi connectivity index (χ2n) is 8.99. The van der Waals surface area contributed by atoms with Crippen LogP contribution in [0.25, 0.3) is 0 Å². The van der Waals surface area contributed by atoms with E-state index in [-0.39, 0.29) is 35.8 Å². The van der Waals surface area contributed by atoms with Gasteiger partial charge in [0.15, 0.2) is 11.9 Å². The number of amides is 2. The molecule has 1 aliphatic heterocycles. The van der Waals surface area contributed by atoms with Crippen LogP contribution in [0.2, 0.25) is 0 Å². The third-order valence-electron chi connectivity index (χ3n) is 5.53. The van der Waals surface area contributed by atoms with Crippen molar-refractivity contribution in [2.24, 2.45) is 5.92 Å². The number of carbonyl (C=O) groups is 4. The largest absolute Gasteiger partial charge is 0.510 e. The minimum Gasteiger partial charge on any atom is -0.510 e. The zero-order valence-corrected chi connectivity index (χ0v) is 20.6. The van der Waals surface area contributed by atoms with Crippen LogP contribution < -0.4 is 10.6 Å². The maximum absolute atomic E-state index is 12.4. The molecule has 0 bridgehead atoms. The maximum atomic E-state index is 12.4. The molecule has 1 heterocycles. The van der Waals surface area contributed by atoms with Crippen molar-refractivity contribution in [2.75, 3.05) is 0 Å². The van der Waals surface area contributed by atoms with Crippen molar-refractivity contribution in [1.82, 2.24) is 10.6 Å². The van der Waals surface area contributed by atoms with E-state index in [1.54, 1.807) is 24.3 Å². The minimum absolute atomic E-state index is 0.0520. The van der Waals surface area contributed by atoms with Gasteiger partial charge in [0.1, 0.15) is 23.2 Å². The number of aliphatic hydroxyl groups is 2. The molecule has 0 saturated carbocycles. The van der Waals surface area contributed by atoms with Crippen LogP contribution in [0.4, 0.5) is 0 Å². The van der Waals surface area contributed by atoms with E-state index in [2.05, 4.69) is 24.5 Å². The third kappa shape index (κ3) is 7.70. The highest BCUT2D eigenvalue weighted by molar-refractivity contribution is 6.06. The average Bonchev–Trinajstić information content (AvgIpc) is 3.60. The van der Waals surface area contributed by atoms with Crippen LogP contribution in [0.1, 0.15) is 26.7 Å². The summed E-state index contributed by atoms with van der Waals surface area (Å²) in [5.74, 6) is -1.52. The Labute approximate surface area is 215 Å². The van der Waals surface area contributed by atoms with Crippen molar-refractivity contribution in [2.45, 2.75) is 44.5 Å².